The molecular weight excluding hydrogens is 354 g/mol. The van der Waals surface area contributed by atoms with Crippen molar-refractivity contribution in [2.24, 2.45) is 0 Å². The third-order valence-corrected chi connectivity index (χ3v) is 5.26. The number of ether oxygens (including phenoxy) is 1. The largest absolute Gasteiger partial charge is 0.377 e. The molecule has 0 amide bonds. The van der Waals surface area contributed by atoms with Crippen LogP contribution in [0, 0.1) is 0 Å². The van der Waals surface area contributed by atoms with Crippen molar-refractivity contribution >= 4 is 27.9 Å². The average molecular weight is 377 g/mol. The van der Waals surface area contributed by atoms with Crippen molar-refractivity contribution in [1.82, 2.24) is 29.7 Å². The molecule has 0 spiro atoms. The topological polar surface area (TPSA) is 84.8 Å². The average Bonchev–Trinajstić information content (AvgIpc) is 3.34. The minimum absolute atomic E-state index is 0.208. The first-order chi connectivity index (χ1) is 13.6. The molecule has 0 radical (unpaired) electrons. The monoisotopic (exact) mass is 377 g/mol. The molecule has 144 valence electrons. The van der Waals surface area contributed by atoms with Gasteiger partial charge in [-0.2, -0.15) is 5.10 Å². The fourth-order valence-electron chi connectivity index (χ4n) is 3.83. The fourth-order valence-corrected chi connectivity index (χ4v) is 3.83. The van der Waals surface area contributed by atoms with Gasteiger partial charge in [0.25, 0.3) is 0 Å². The van der Waals surface area contributed by atoms with Crippen molar-refractivity contribution in [2.75, 3.05) is 24.7 Å². The quantitative estimate of drug-likeness (QED) is 0.590. The summed E-state index contributed by atoms with van der Waals surface area (Å²) in [5.41, 5.74) is 2.65. The van der Waals surface area contributed by atoms with E-state index in [9.17, 15) is 0 Å². The Morgan fingerprint density at radius 1 is 1.21 bits per heavy atom. The number of hydrogen-bond acceptors (Lipinski definition) is 6. The zero-order chi connectivity index (χ0) is 19.3. The number of anilines is 1. The first-order valence-corrected chi connectivity index (χ1v) is 9.65. The van der Waals surface area contributed by atoms with Crippen LogP contribution in [-0.2, 0) is 4.74 Å². The Kier molecular flexibility index (Phi) is 4.01. The molecule has 1 unspecified atom stereocenters. The molecule has 4 aromatic rings. The first kappa shape index (κ1) is 17.1. The number of H-pyrrole nitrogens is 1. The van der Waals surface area contributed by atoms with Crippen LogP contribution in [0.15, 0.2) is 30.7 Å². The highest BCUT2D eigenvalue weighted by Crippen LogP contribution is 2.32. The molecule has 5 rings (SSSR count). The molecule has 1 N–H and O–H groups in total. The molecule has 1 atom stereocenters. The van der Waals surface area contributed by atoms with Gasteiger partial charge >= 0.3 is 0 Å². The number of morpholine rings is 1. The van der Waals surface area contributed by atoms with Crippen molar-refractivity contribution in [3.8, 4) is 11.4 Å². The highest BCUT2D eigenvalue weighted by Gasteiger charge is 2.25. The van der Waals surface area contributed by atoms with Gasteiger partial charge in [-0.05, 0) is 32.9 Å². The van der Waals surface area contributed by atoms with Crippen LogP contribution in [0.4, 0.5) is 5.82 Å². The van der Waals surface area contributed by atoms with Crippen LogP contribution >= 0.6 is 0 Å². The highest BCUT2D eigenvalue weighted by atomic mass is 16.5. The third-order valence-electron chi connectivity index (χ3n) is 5.26. The van der Waals surface area contributed by atoms with Gasteiger partial charge < -0.3 is 14.6 Å². The molecule has 5 heterocycles. The van der Waals surface area contributed by atoms with Crippen molar-refractivity contribution in [1.29, 1.82) is 0 Å². The van der Waals surface area contributed by atoms with Crippen LogP contribution in [0.25, 0.3) is 33.5 Å². The minimum Gasteiger partial charge on any atom is -0.377 e. The van der Waals surface area contributed by atoms with Gasteiger partial charge in [-0.3, -0.25) is 0 Å². The Labute approximate surface area is 162 Å². The molecule has 0 bridgehead atoms. The smallest absolute Gasteiger partial charge is 0.164 e. The minimum atomic E-state index is 0.208. The molecule has 0 aliphatic carbocycles. The molecular formula is C20H23N7O. The Balaban J connectivity index is 1.78. The van der Waals surface area contributed by atoms with E-state index in [1.165, 1.54) is 0 Å². The van der Waals surface area contributed by atoms with Crippen LogP contribution in [0.2, 0.25) is 0 Å². The summed E-state index contributed by atoms with van der Waals surface area (Å²) in [5, 5.41) is 6.59. The fraction of sp³-hybridized carbons (Fsp3) is 0.400. The number of nitrogens with one attached hydrogen (secondary N) is 1. The molecule has 4 aromatic heterocycles. The lowest BCUT2D eigenvalue weighted by molar-refractivity contribution is 0.0987. The predicted octanol–water partition coefficient (Wildman–Crippen LogP) is 3.18. The van der Waals surface area contributed by atoms with E-state index in [2.05, 4.69) is 40.7 Å². The maximum atomic E-state index is 5.63. The Morgan fingerprint density at radius 3 is 2.93 bits per heavy atom. The Hall–Kier alpha value is -3.00. The van der Waals surface area contributed by atoms with E-state index in [1.54, 1.807) is 6.20 Å². The molecule has 28 heavy (non-hydrogen) atoms. The van der Waals surface area contributed by atoms with Gasteiger partial charge in [-0.25, -0.2) is 19.6 Å². The predicted molar refractivity (Wildman–Crippen MR) is 108 cm³/mol. The van der Waals surface area contributed by atoms with Crippen molar-refractivity contribution in [3.63, 3.8) is 0 Å². The van der Waals surface area contributed by atoms with E-state index in [1.807, 2.05) is 29.2 Å². The molecule has 8 nitrogen and oxygen atoms in total. The third kappa shape index (κ3) is 2.63. The van der Waals surface area contributed by atoms with Crippen molar-refractivity contribution in [3.05, 3.63) is 30.7 Å². The van der Waals surface area contributed by atoms with E-state index in [0.717, 1.165) is 40.0 Å². The highest BCUT2D eigenvalue weighted by molar-refractivity contribution is 5.94. The second-order valence-corrected chi connectivity index (χ2v) is 7.51. The van der Waals surface area contributed by atoms with Gasteiger partial charge in [0.05, 0.1) is 30.8 Å². The van der Waals surface area contributed by atoms with Gasteiger partial charge in [-0.1, -0.05) is 0 Å². The molecule has 1 fully saturated rings. The summed E-state index contributed by atoms with van der Waals surface area (Å²) in [6, 6.07) is 4.44. The second-order valence-electron chi connectivity index (χ2n) is 7.51. The molecule has 1 saturated heterocycles. The SMILES string of the molecule is CC1COCCN1c1nc(-c2ccnc3[nH]ccc23)nc2c1cnn2C(C)C. The van der Waals surface area contributed by atoms with Crippen LogP contribution in [0.3, 0.4) is 0 Å². The Morgan fingerprint density at radius 2 is 2.11 bits per heavy atom. The first-order valence-electron chi connectivity index (χ1n) is 9.65. The van der Waals surface area contributed by atoms with Gasteiger partial charge in [0.1, 0.15) is 11.5 Å². The maximum Gasteiger partial charge on any atom is 0.164 e. The number of rotatable bonds is 3. The molecule has 1 aliphatic rings. The lowest BCUT2D eigenvalue weighted by Crippen LogP contribution is -2.44. The lowest BCUT2D eigenvalue weighted by atomic mass is 10.1. The van der Waals surface area contributed by atoms with E-state index in [0.29, 0.717) is 19.0 Å². The molecule has 1 aliphatic heterocycles. The van der Waals surface area contributed by atoms with E-state index in [-0.39, 0.29) is 12.1 Å². The molecule has 0 saturated carbocycles. The summed E-state index contributed by atoms with van der Waals surface area (Å²) in [5.74, 6) is 1.61. The summed E-state index contributed by atoms with van der Waals surface area (Å²) in [7, 11) is 0. The van der Waals surface area contributed by atoms with E-state index in [4.69, 9.17) is 14.7 Å². The lowest BCUT2D eigenvalue weighted by Gasteiger charge is -2.34. The number of pyridine rings is 1. The second kappa shape index (κ2) is 6.56. The summed E-state index contributed by atoms with van der Waals surface area (Å²) in [6.45, 7) is 8.58. The van der Waals surface area contributed by atoms with Gasteiger partial charge in [0.15, 0.2) is 11.5 Å². The van der Waals surface area contributed by atoms with Crippen LogP contribution in [-0.4, -0.2) is 55.5 Å². The van der Waals surface area contributed by atoms with E-state index < -0.39 is 0 Å². The number of fused-ring (bicyclic) bond motifs is 2. The summed E-state index contributed by atoms with van der Waals surface area (Å²) >= 11 is 0. The van der Waals surface area contributed by atoms with Crippen molar-refractivity contribution in [2.45, 2.75) is 32.9 Å². The van der Waals surface area contributed by atoms with Crippen molar-refractivity contribution < 1.29 is 4.74 Å². The van der Waals surface area contributed by atoms with Crippen LogP contribution in [0.1, 0.15) is 26.8 Å². The number of aromatic nitrogens is 6. The van der Waals surface area contributed by atoms with Crippen LogP contribution in [0.5, 0.6) is 0 Å². The van der Waals surface area contributed by atoms with Gasteiger partial charge in [0.2, 0.25) is 0 Å². The molecule has 0 aromatic carbocycles. The van der Waals surface area contributed by atoms with Gasteiger partial charge in [0, 0.05) is 35.9 Å². The zero-order valence-corrected chi connectivity index (χ0v) is 16.3. The van der Waals surface area contributed by atoms with Gasteiger partial charge in [-0.15, -0.1) is 0 Å². The molecule has 8 heteroatoms. The Bertz CT molecular complexity index is 1150. The maximum absolute atomic E-state index is 5.63. The number of nitrogens with zero attached hydrogens (tertiary/aromatic N) is 6. The zero-order valence-electron chi connectivity index (χ0n) is 16.3. The number of aromatic amines is 1. The summed E-state index contributed by atoms with van der Waals surface area (Å²) in [4.78, 5) is 19.8. The number of hydrogen-bond donors (Lipinski definition) is 1. The normalized spacial score (nSPS) is 17.9. The standard InChI is InChI=1S/C20H23N7O/c1-12(2)27-20-16(10-23-27)19(26-8-9-28-11-13(26)3)24-18(25-20)15-5-7-22-17-14(15)4-6-21-17/h4-7,10,12-13H,8-9,11H2,1-3H3,(H,21,22). The summed E-state index contributed by atoms with van der Waals surface area (Å²) < 4.78 is 7.60. The van der Waals surface area contributed by atoms with Crippen LogP contribution < -0.4 is 4.90 Å². The van der Waals surface area contributed by atoms with E-state index >= 15 is 0 Å². The summed E-state index contributed by atoms with van der Waals surface area (Å²) in [6.07, 6.45) is 5.57.